The van der Waals surface area contributed by atoms with Crippen molar-refractivity contribution in [1.82, 2.24) is 15.2 Å². The number of hydrogen-bond donors (Lipinski definition) is 1. The molecule has 3 amide bonds. The topological polar surface area (TPSA) is 75.4 Å². The number of nitrogens with one attached hydrogen (secondary N) is 1. The number of amides is 3. The first-order valence-corrected chi connectivity index (χ1v) is 8.30. The molecule has 2 fully saturated rings. The molecule has 7 heteroatoms. The maximum atomic E-state index is 12.6. The first-order chi connectivity index (χ1) is 11.6. The van der Waals surface area contributed by atoms with E-state index in [1.807, 2.05) is 12.1 Å². The zero-order chi connectivity index (χ0) is 16.7. The number of imide groups is 1. The lowest BCUT2D eigenvalue weighted by molar-refractivity contribution is -0.131. The average molecular weight is 346 g/mol. The summed E-state index contributed by atoms with van der Waals surface area (Å²) in [5.74, 6) is 0.700. The van der Waals surface area contributed by atoms with Crippen molar-refractivity contribution in [3.05, 3.63) is 41.4 Å². The van der Waals surface area contributed by atoms with Crippen molar-refractivity contribution in [2.75, 3.05) is 0 Å². The van der Waals surface area contributed by atoms with Crippen molar-refractivity contribution < 1.29 is 14.0 Å². The van der Waals surface area contributed by atoms with E-state index in [4.69, 9.17) is 16.0 Å². The molecule has 0 bridgehead atoms. The molecule has 6 nitrogen and oxygen atoms in total. The molecular weight excluding hydrogens is 330 g/mol. The molecule has 1 N–H and O–H groups in total. The highest BCUT2D eigenvalue weighted by Crippen LogP contribution is 2.35. The maximum absolute atomic E-state index is 12.6. The number of aromatic nitrogens is 1. The highest BCUT2D eigenvalue weighted by atomic mass is 35.5. The number of rotatable bonds is 3. The monoisotopic (exact) mass is 345 g/mol. The predicted molar refractivity (Wildman–Crippen MR) is 87.2 cm³/mol. The van der Waals surface area contributed by atoms with Crippen LogP contribution in [-0.4, -0.2) is 27.4 Å². The summed E-state index contributed by atoms with van der Waals surface area (Å²) in [5.41, 5.74) is 0.0881. The van der Waals surface area contributed by atoms with Gasteiger partial charge in [0.1, 0.15) is 12.1 Å². The van der Waals surface area contributed by atoms with Crippen LogP contribution in [0.1, 0.15) is 31.6 Å². The van der Waals surface area contributed by atoms with Crippen LogP contribution in [0.5, 0.6) is 0 Å². The Morgan fingerprint density at radius 1 is 1.29 bits per heavy atom. The molecule has 24 heavy (non-hydrogen) atoms. The zero-order valence-corrected chi connectivity index (χ0v) is 13.7. The molecule has 2 heterocycles. The van der Waals surface area contributed by atoms with Crippen LogP contribution in [0.3, 0.4) is 0 Å². The largest absolute Gasteiger partial charge is 0.439 e. The maximum Gasteiger partial charge on any atom is 0.325 e. The standard InChI is InChI=1S/C17H16ClN3O3/c18-12-5-3-4-11(8-12)13-9-19-14(24-13)10-21-15(22)17(20-16(21)23)6-1-2-7-17/h3-5,8-9H,1-2,6-7,10H2,(H,20,23). The van der Waals surface area contributed by atoms with E-state index in [0.717, 1.165) is 18.4 Å². The molecule has 2 aromatic rings. The number of nitrogens with zero attached hydrogens (tertiary/aromatic N) is 2. The van der Waals surface area contributed by atoms with E-state index in [1.54, 1.807) is 18.3 Å². The number of halogens is 1. The number of carbonyl (C=O) groups excluding carboxylic acids is 2. The van der Waals surface area contributed by atoms with E-state index in [1.165, 1.54) is 4.90 Å². The zero-order valence-electron chi connectivity index (χ0n) is 12.9. The SMILES string of the molecule is O=C1NC2(CCCC2)C(=O)N1Cc1ncc(-c2cccc(Cl)c2)o1. The number of benzene rings is 1. The summed E-state index contributed by atoms with van der Waals surface area (Å²) in [6.07, 6.45) is 4.89. The summed E-state index contributed by atoms with van der Waals surface area (Å²) in [7, 11) is 0. The summed E-state index contributed by atoms with van der Waals surface area (Å²) >= 11 is 5.98. The lowest BCUT2D eigenvalue weighted by Gasteiger charge is -2.19. The first kappa shape index (κ1) is 15.2. The quantitative estimate of drug-likeness (QED) is 0.865. The number of oxazole rings is 1. The second-order valence-corrected chi connectivity index (χ2v) is 6.68. The van der Waals surface area contributed by atoms with E-state index >= 15 is 0 Å². The molecule has 1 aromatic heterocycles. The van der Waals surface area contributed by atoms with Crippen LogP contribution < -0.4 is 5.32 Å². The molecule has 1 aromatic carbocycles. The third-order valence-corrected chi connectivity index (χ3v) is 4.89. The van der Waals surface area contributed by atoms with E-state index in [0.29, 0.717) is 29.5 Å². The fourth-order valence-electron chi connectivity index (χ4n) is 3.43. The molecule has 1 saturated heterocycles. The van der Waals surface area contributed by atoms with Crippen molar-refractivity contribution in [3.8, 4) is 11.3 Å². The van der Waals surface area contributed by atoms with Crippen LogP contribution in [0.4, 0.5) is 4.79 Å². The lowest BCUT2D eigenvalue weighted by atomic mass is 9.98. The van der Waals surface area contributed by atoms with Gasteiger partial charge in [-0.25, -0.2) is 9.78 Å². The molecular formula is C17H16ClN3O3. The molecule has 1 spiro atoms. The van der Waals surface area contributed by atoms with Gasteiger partial charge in [-0.3, -0.25) is 9.69 Å². The van der Waals surface area contributed by atoms with Crippen LogP contribution >= 0.6 is 11.6 Å². The van der Waals surface area contributed by atoms with Crippen LogP contribution in [0.2, 0.25) is 5.02 Å². The minimum Gasteiger partial charge on any atom is -0.439 e. The minimum atomic E-state index is -0.709. The highest BCUT2D eigenvalue weighted by molar-refractivity contribution is 6.30. The van der Waals surface area contributed by atoms with Gasteiger partial charge in [-0.1, -0.05) is 36.6 Å². The molecule has 0 atom stereocenters. The molecule has 4 rings (SSSR count). The molecule has 124 valence electrons. The molecule has 1 aliphatic heterocycles. The Hall–Kier alpha value is -2.34. The van der Waals surface area contributed by atoms with Crippen LogP contribution in [0.25, 0.3) is 11.3 Å². The minimum absolute atomic E-state index is 0.0347. The van der Waals surface area contributed by atoms with E-state index in [9.17, 15) is 9.59 Å². The summed E-state index contributed by atoms with van der Waals surface area (Å²) in [6, 6.07) is 6.85. The van der Waals surface area contributed by atoms with Crippen molar-refractivity contribution >= 4 is 23.5 Å². The molecule has 2 aliphatic rings. The summed E-state index contributed by atoms with van der Waals surface area (Å²) in [4.78, 5) is 30.2. The van der Waals surface area contributed by atoms with Crippen molar-refractivity contribution in [1.29, 1.82) is 0 Å². The van der Waals surface area contributed by atoms with Gasteiger partial charge in [0, 0.05) is 10.6 Å². The van der Waals surface area contributed by atoms with Crippen molar-refractivity contribution in [3.63, 3.8) is 0 Å². The van der Waals surface area contributed by atoms with Gasteiger partial charge in [-0.2, -0.15) is 0 Å². The number of carbonyl (C=O) groups is 2. The van der Waals surface area contributed by atoms with Gasteiger partial charge in [0.15, 0.2) is 5.76 Å². The van der Waals surface area contributed by atoms with Gasteiger partial charge in [0.05, 0.1) is 6.20 Å². The van der Waals surface area contributed by atoms with Gasteiger partial charge >= 0.3 is 6.03 Å². The molecule has 0 radical (unpaired) electrons. The van der Waals surface area contributed by atoms with Crippen LogP contribution in [0, 0.1) is 0 Å². The van der Waals surface area contributed by atoms with Gasteiger partial charge in [-0.05, 0) is 25.0 Å². The number of hydrogen-bond acceptors (Lipinski definition) is 4. The van der Waals surface area contributed by atoms with Gasteiger partial charge < -0.3 is 9.73 Å². The van der Waals surface area contributed by atoms with Crippen molar-refractivity contribution in [2.45, 2.75) is 37.8 Å². The summed E-state index contributed by atoms with van der Waals surface area (Å²) in [5, 5.41) is 3.45. The average Bonchev–Trinajstić information content (AvgIpc) is 3.26. The van der Waals surface area contributed by atoms with E-state index in [2.05, 4.69) is 10.3 Å². The Kier molecular flexibility index (Phi) is 3.57. The predicted octanol–water partition coefficient (Wildman–Crippen LogP) is 3.36. The smallest absolute Gasteiger partial charge is 0.325 e. The first-order valence-electron chi connectivity index (χ1n) is 7.92. The highest BCUT2D eigenvalue weighted by Gasteiger charge is 2.52. The Labute approximate surface area is 143 Å². The van der Waals surface area contributed by atoms with Gasteiger partial charge in [0.2, 0.25) is 5.89 Å². The van der Waals surface area contributed by atoms with Crippen molar-refractivity contribution in [2.24, 2.45) is 0 Å². The fourth-order valence-corrected chi connectivity index (χ4v) is 3.62. The van der Waals surface area contributed by atoms with Gasteiger partial charge in [0.25, 0.3) is 5.91 Å². The molecule has 1 aliphatic carbocycles. The molecule has 0 unspecified atom stereocenters. The second-order valence-electron chi connectivity index (χ2n) is 6.24. The Morgan fingerprint density at radius 3 is 2.83 bits per heavy atom. The van der Waals surface area contributed by atoms with Gasteiger partial charge in [-0.15, -0.1) is 0 Å². The third kappa shape index (κ3) is 2.47. The number of urea groups is 1. The van der Waals surface area contributed by atoms with Crippen LogP contribution in [0.15, 0.2) is 34.9 Å². The Balaban J connectivity index is 1.54. The second kappa shape index (κ2) is 5.63. The Bertz CT molecular complexity index is 811. The van der Waals surface area contributed by atoms with E-state index < -0.39 is 5.54 Å². The lowest BCUT2D eigenvalue weighted by Crippen LogP contribution is -2.44. The summed E-state index contributed by atoms with van der Waals surface area (Å²) < 4.78 is 5.69. The fraction of sp³-hybridized carbons (Fsp3) is 0.353. The van der Waals surface area contributed by atoms with Crippen LogP contribution in [-0.2, 0) is 11.3 Å². The molecule has 1 saturated carbocycles. The third-order valence-electron chi connectivity index (χ3n) is 4.66. The normalized spacial score (nSPS) is 19.3. The van der Waals surface area contributed by atoms with E-state index in [-0.39, 0.29) is 18.5 Å². The Morgan fingerprint density at radius 2 is 2.08 bits per heavy atom. The summed E-state index contributed by atoms with van der Waals surface area (Å²) in [6.45, 7) is 0.0347.